The highest BCUT2D eigenvalue weighted by molar-refractivity contribution is 5.87. The van der Waals surface area contributed by atoms with Crippen LogP contribution in [-0.4, -0.2) is 0 Å². The second-order valence-corrected chi connectivity index (χ2v) is 3.66. The Morgan fingerprint density at radius 2 is 1.71 bits per heavy atom. The van der Waals surface area contributed by atoms with Crippen molar-refractivity contribution < 1.29 is 0 Å². The second kappa shape index (κ2) is 3.83. The monoisotopic (exact) mass is 183 g/mol. The fraction of sp³-hybridized carbons (Fsp3) is 0.214. The van der Waals surface area contributed by atoms with E-state index in [0.717, 1.165) is 6.42 Å². The first-order chi connectivity index (χ1) is 6.83. The maximum absolute atomic E-state index is 2.21. The third kappa shape index (κ3) is 1.52. The number of fused-ring (bicyclic) bond motifs is 1. The molecule has 0 atom stereocenters. The van der Waals surface area contributed by atoms with E-state index < -0.39 is 0 Å². The normalized spacial score (nSPS) is 11.1. The van der Waals surface area contributed by atoms with Gasteiger partial charge in [0, 0.05) is 5.92 Å². The number of hydrogen-bond acceptors (Lipinski definition) is 0. The zero-order valence-corrected chi connectivity index (χ0v) is 8.75. The summed E-state index contributed by atoms with van der Waals surface area (Å²) in [6, 6.07) is 15.1. The lowest BCUT2D eigenvalue weighted by molar-refractivity contribution is 0.965. The Morgan fingerprint density at radius 3 is 2.50 bits per heavy atom. The van der Waals surface area contributed by atoms with E-state index in [0.29, 0.717) is 0 Å². The summed E-state index contributed by atoms with van der Waals surface area (Å²) in [5.74, 6) is 1.46. The summed E-state index contributed by atoms with van der Waals surface area (Å²) >= 11 is 0. The number of rotatable bonds is 2. The minimum absolute atomic E-state index is 1.12. The summed E-state index contributed by atoms with van der Waals surface area (Å²) in [7, 11) is 0. The summed E-state index contributed by atoms with van der Waals surface area (Å²) < 4.78 is 0. The van der Waals surface area contributed by atoms with E-state index in [9.17, 15) is 0 Å². The quantitative estimate of drug-likeness (QED) is 0.654. The maximum atomic E-state index is 2.21. The molecule has 0 spiro atoms. The first-order valence-corrected chi connectivity index (χ1v) is 5.13. The fourth-order valence-electron chi connectivity index (χ4n) is 1.79. The lowest BCUT2D eigenvalue weighted by Crippen LogP contribution is -1.93. The Hall–Kier alpha value is -1.30. The van der Waals surface area contributed by atoms with Crippen LogP contribution in [0.1, 0.15) is 25.8 Å². The first-order valence-electron chi connectivity index (χ1n) is 5.13. The van der Waals surface area contributed by atoms with Crippen LogP contribution in [0.25, 0.3) is 10.8 Å². The smallest absolute Gasteiger partial charge is 0.00225 e. The van der Waals surface area contributed by atoms with Gasteiger partial charge in [0.2, 0.25) is 0 Å². The van der Waals surface area contributed by atoms with Gasteiger partial charge in [0.25, 0.3) is 0 Å². The van der Waals surface area contributed by atoms with E-state index in [2.05, 4.69) is 56.3 Å². The van der Waals surface area contributed by atoms with E-state index in [1.807, 2.05) is 0 Å². The molecule has 2 aromatic carbocycles. The Morgan fingerprint density at radius 1 is 1.00 bits per heavy atom. The highest BCUT2D eigenvalue weighted by Crippen LogP contribution is 2.26. The molecule has 71 valence electrons. The van der Waals surface area contributed by atoms with Crippen molar-refractivity contribution in [3.63, 3.8) is 0 Å². The average molecular weight is 183 g/mol. The van der Waals surface area contributed by atoms with Crippen LogP contribution >= 0.6 is 0 Å². The predicted molar refractivity (Wildman–Crippen MR) is 62.3 cm³/mol. The van der Waals surface area contributed by atoms with Crippen molar-refractivity contribution in [1.29, 1.82) is 0 Å². The van der Waals surface area contributed by atoms with Crippen molar-refractivity contribution >= 4 is 10.8 Å². The van der Waals surface area contributed by atoms with Gasteiger partial charge in [-0.15, -0.1) is 0 Å². The van der Waals surface area contributed by atoms with Gasteiger partial charge in [0.15, 0.2) is 0 Å². The fourth-order valence-corrected chi connectivity index (χ4v) is 1.79. The van der Waals surface area contributed by atoms with Gasteiger partial charge in [0.1, 0.15) is 0 Å². The molecule has 1 radical (unpaired) electrons. The van der Waals surface area contributed by atoms with Crippen molar-refractivity contribution in [3.05, 3.63) is 53.9 Å². The molecule has 0 unspecified atom stereocenters. The summed E-state index contributed by atoms with van der Waals surface area (Å²) in [6.07, 6.45) is 1.12. The lowest BCUT2D eigenvalue weighted by atomic mass is 9.93. The molecular weight excluding hydrogens is 168 g/mol. The first kappa shape index (κ1) is 9.26. The van der Waals surface area contributed by atoms with E-state index >= 15 is 0 Å². The molecule has 0 saturated carbocycles. The Labute approximate surface area is 85.6 Å². The molecule has 0 aliphatic carbocycles. The van der Waals surface area contributed by atoms with Crippen molar-refractivity contribution in [2.75, 3.05) is 0 Å². The molecule has 0 aliphatic rings. The molecule has 2 rings (SSSR count). The second-order valence-electron chi connectivity index (χ2n) is 3.66. The molecule has 0 N–H and O–H groups in total. The third-order valence-corrected chi connectivity index (χ3v) is 2.78. The van der Waals surface area contributed by atoms with Crippen LogP contribution in [-0.2, 0) is 0 Å². The van der Waals surface area contributed by atoms with Crippen LogP contribution in [0.3, 0.4) is 0 Å². The van der Waals surface area contributed by atoms with Crippen molar-refractivity contribution in [1.82, 2.24) is 0 Å². The molecular formula is C14H15. The standard InChI is InChI=1S/C14H15/c1-3-11(2)13-10-6-8-12-7-4-5-9-14(12)13/h4-10H,3H2,1-2H3. The molecule has 0 heteroatoms. The molecule has 0 nitrogen and oxygen atoms in total. The third-order valence-electron chi connectivity index (χ3n) is 2.78. The Kier molecular flexibility index (Phi) is 2.53. The molecule has 0 bridgehead atoms. The molecule has 0 fully saturated rings. The van der Waals surface area contributed by atoms with Crippen LogP contribution in [0.4, 0.5) is 0 Å². The van der Waals surface area contributed by atoms with Crippen LogP contribution in [0.15, 0.2) is 42.5 Å². The molecule has 0 aliphatic heterocycles. The minimum atomic E-state index is 1.12. The maximum Gasteiger partial charge on any atom is 0.00225 e. The van der Waals surface area contributed by atoms with E-state index in [1.54, 1.807) is 0 Å². The summed E-state index contributed by atoms with van der Waals surface area (Å²) in [5, 5.41) is 2.70. The molecule has 0 heterocycles. The van der Waals surface area contributed by atoms with Gasteiger partial charge < -0.3 is 0 Å². The molecule has 2 aromatic rings. The van der Waals surface area contributed by atoms with Crippen molar-refractivity contribution in [3.8, 4) is 0 Å². The highest BCUT2D eigenvalue weighted by Gasteiger charge is 2.06. The summed E-state index contributed by atoms with van der Waals surface area (Å²) in [5.41, 5.74) is 1.39. The largest absolute Gasteiger partial charge is 0.0645 e. The molecule has 0 saturated heterocycles. The van der Waals surface area contributed by atoms with Gasteiger partial charge >= 0.3 is 0 Å². The molecule has 14 heavy (non-hydrogen) atoms. The SMILES string of the molecule is CC[C](C)c1cccc2ccccc12. The van der Waals surface area contributed by atoms with Gasteiger partial charge in [-0.25, -0.2) is 0 Å². The van der Waals surface area contributed by atoms with Gasteiger partial charge in [-0.2, -0.15) is 0 Å². The zero-order valence-electron chi connectivity index (χ0n) is 8.75. The number of benzene rings is 2. The van der Waals surface area contributed by atoms with Crippen molar-refractivity contribution in [2.24, 2.45) is 0 Å². The van der Waals surface area contributed by atoms with Gasteiger partial charge in [0.05, 0.1) is 0 Å². The van der Waals surface area contributed by atoms with E-state index in [4.69, 9.17) is 0 Å². The lowest BCUT2D eigenvalue weighted by Gasteiger charge is -2.11. The average Bonchev–Trinajstić information content (AvgIpc) is 2.27. The van der Waals surface area contributed by atoms with E-state index in [1.165, 1.54) is 22.3 Å². The van der Waals surface area contributed by atoms with Crippen LogP contribution in [0.2, 0.25) is 0 Å². The van der Waals surface area contributed by atoms with Gasteiger partial charge in [-0.1, -0.05) is 56.3 Å². The minimum Gasteiger partial charge on any atom is -0.0645 e. The van der Waals surface area contributed by atoms with Crippen LogP contribution < -0.4 is 0 Å². The predicted octanol–water partition coefficient (Wildman–Crippen LogP) is 4.19. The topological polar surface area (TPSA) is 0 Å². The number of hydrogen-bond donors (Lipinski definition) is 0. The highest BCUT2D eigenvalue weighted by atomic mass is 14.1. The Balaban J connectivity index is 2.65. The van der Waals surface area contributed by atoms with Crippen LogP contribution in [0, 0.1) is 5.92 Å². The van der Waals surface area contributed by atoms with Gasteiger partial charge in [-0.3, -0.25) is 0 Å². The molecule has 0 amide bonds. The van der Waals surface area contributed by atoms with Crippen molar-refractivity contribution in [2.45, 2.75) is 20.3 Å². The Bertz CT molecular complexity index is 423. The van der Waals surface area contributed by atoms with Gasteiger partial charge in [-0.05, 0) is 22.8 Å². The van der Waals surface area contributed by atoms with E-state index in [-0.39, 0.29) is 0 Å². The summed E-state index contributed by atoms with van der Waals surface area (Å²) in [4.78, 5) is 0. The summed E-state index contributed by atoms with van der Waals surface area (Å²) in [6.45, 7) is 4.42. The van der Waals surface area contributed by atoms with Crippen LogP contribution in [0.5, 0.6) is 0 Å². The molecule has 0 aromatic heterocycles. The zero-order chi connectivity index (χ0) is 9.97.